The van der Waals surface area contributed by atoms with Crippen LogP contribution < -0.4 is 9.62 Å². The molecule has 37 heavy (non-hydrogen) atoms. The topological polar surface area (TPSA) is 105 Å². The van der Waals surface area contributed by atoms with Crippen LogP contribution in [0.4, 0.5) is 0 Å². The first-order valence-electron chi connectivity index (χ1n) is 12.9. The molecule has 0 radical (unpaired) electrons. The predicted octanol–water partition coefficient (Wildman–Crippen LogP) is 5.32. The number of hydrogen-bond donors (Lipinski definition) is 3. The molecule has 0 aliphatic carbocycles. The van der Waals surface area contributed by atoms with Crippen LogP contribution >= 0.6 is 0 Å². The fraction of sp³-hybridized carbons (Fsp3) is 0.433. The summed E-state index contributed by atoms with van der Waals surface area (Å²) in [5.74, 6) is -0.413. The van der Waals surface area contributed by atoms with Gasteiger partial charge < -0.3 is 20.1 Å². The average molecular weight is 513 g/mol. The molecule has 0 amide bonds. The van der Waals surface area contributed by atoms with Gasteiger partial charge in [-0.25, -0.2) is 0 Å². The number of ether oxygens (including phenoxy) is 1. The second kappa shape index (κ2) is 16.6. The number of Topliss-reactive ketones (excluding diaryl/α,β-unsaturated/α-hetero) is 1. The van der Waals surface area contributed by atoms with Crippen LogP contribution in [-0.4, -0.2) is 47.0 Å². The van der Waals surface area contributed by atoms with Crippen molar-refractivity contribution in [2.45, 2.75) is 64.4 Å². The number of unbranched alkanes of at least 4 members (excludes halogenated alkanes) is 6. The van der Waals surface area contributed by atoms with Crippen LogP contribution in [0.5, 0.6) is 11.5 Å². The van der Waals surface area contributed by atoms with Crippen molar-refractivity contribution in [3.05, 3.63) is 72.5 Å². The summed E-state index contributed by atoms with van der Waals surface area (Å²) in [5, 5.41) is 28.2. The first kappa shape index (κ1) is 30.1. The molecular weight excluding hydrogens is 472 g/mol. The minimum atomic E-state index is -1.04. The van der Waals surface area contributed by atoms with E-state index in [0.29, 0.717) is 5.75 Å². The van der Waals surface area contributed by atoms with Gasteiger partial charge in [0.2, 0.25) is 11.5 Å². The molecule has 2 aromatic carbocycles. The second-order valence-corrected chi connectivity index (χ2v) is 9.08. The van der Waals surface area contributed by atoms with E-state index in [9.17, 15) is 9.90 Å². The van der Waals surface area contributed by atoms with E-state index in [2.05, 4.69) is 32.2 Å². The van der Waals surface area contributed by atoms with Crippen molar-refractivity contribution in [3.8, 4) is 22.6 Å². The molecule has 0 aliphatic heterocycles. The van der Waals surface area contributed by atoms with Crippen LogP contribution in [0.15, 0.2) is 67.0 Å². The number of benzene rings is 2. The summed E-state index contributed by atoms with van der Waals surface area (Å²) >= 11 is 0. The Labute approximate surface area is 219 Å². The number of aliphatic hydroxyl groups excluding tert-OH is 3. The lowest BCUT2D eigenvalue weighted by molar-refractivity contribution is -0.174. The van der Waals surface area contributed by atoms with Crippen LogP contribution in [0.25, 0.3) is 11.1 Å². The van der Waals surface area contributed by atoms with Crippen LogP contribution in [0.1, 0.15) is 57.4 Å². The van der Waals surface area contributed by atoms with E-state index in [1.807, 2.05) is 12.1 Å². The van der Waals surface area contributed by atoms with Crippen molar-refractivity contribution in [3.63, 3.8) is 0 Å². The molecule has 0 aromatic heterocycles. The first-order chi connectivity index (χ1) is 17.9. The van der Waals surface area contributed by atoms with E-state index in [1.165, 1.54) is 56.6 Å². The van der Waals surface area contributed by atoms with Gasteiger partial charge in [-0.05, 0) is 53.8 Å². The maximum atomic E-state index is 11.5. The Balaban J connectivity index is 2.09. The zero-order valence-electron chi connectivity index (χ0n) is 21.8. The summed E-state index contributed by atoms with van der Waals surface area (Å²) < 4.78 is 5.71. The fourth-order valence-electron chi connectivity index (χ4n) is 3.65. The van der Waals surface area contributed by atoms with E-state index in [-0.39, 0.29) is 30.3 Å². The highest BCUT2D eigenvalue weighted by Crippen LogP contribution is 2.31. The third-order valence-electron chi connectivity index (χ3n) is 6.01. The normalized spacial score (nSPS) is 11.6. The Hall–Kier alpha value is -3.13. The molecule has 202 valence electrons. The Morgan fingerprint density at radius 1 is 0.865 bits per heavy atom. The van der Waals surface area contributed by atoms with Crippen molar-refractivity contribution in [2.75, 3.05) is 19.8 Å². The molecule has 0 aliphatic rings. The Kier molecular flexibility index (Phi) is 13.5. The van der Waals surface area contributed by atoms with Crippen LogP contribution in [-0.2, 0) is 16.1 Å². The molecule has 0 bridgehead atoms. The zero-order valence-corrected chi connectivity index (χ0v) is 21.8. The summed E-state index contributed by atoms with van der Waals surface area (Å²) in [4.78, 5) is 21.7. The standard InChI is InChI=1S/C30H40O7/c1-4-5-6-7-8-9-10-11-24-12-14-25(15-13-24)26-16-27(35-21-30(34)22(2)19-31)18-28(17-26)37-36-23(3)29(33)20-32/h12-18,30-32,34H,2-11,19-21H2,1H3. The predicted molar refractivity (Wildman–Crippen MR) is 144 cm³/mol. The third kappa shape index (κ3) is 10.8. The van der Waals surface area contributed by atoms with Crippen molar-refractivity contribution in [1.29, 1.82) is 0 Å². The minimum Gasteiger partial charge on any atom is -0.490 e. The minimum absolute atomic E-state index is 0.115. The third-order valence-corrected chi connectivity index (χ3v) is 6.01. The lowest BCUT2D eigenvalue weighted by atomic mass is 10.0. The number of ketones is 1. The first-order valence-corrected chi connectivity index (χ1v) is 12.9. The highest BCUT2D eigenvalue weighted by molar-refractivity contribution is 5.93. The van der Waals surface area contributed by atoms with Crippen molar-refractivity contribution in [1.82, 2.24) is 0 Å². The van der Waals surface area contributed by atoms with Gasteiger partial charge in [-0.2, -0.15) is 0 Å². The summed E-state index contributed by atoms with van der Waals surface area (Å²) in [6.45, 7) is 8.07. The van der Waals surface area contributed by atoms with Crippen LogP contribution in [0.2, 0.25) is 0 Å². The summed E-state index contributed by atoms with van der Waals surface area (Å²) in [6, 6.07) is 13.3. The number of aliphatic hydroxyl groups is 3. The molecule has 0 spiro atoms. The van der Waals surface area contributed by atoms with Gasteiger partial charge in [0.25, 0.3) is 0 Å². The van der Waals surface area contributed by atoms with E-state index in [1.54, 1.807) is 12.1 Å². The number of hydrogen-bond acceptors (Lipinski definition) is 7. The van der Waals surface area contributed by atoms with E-state index >= 15 is 0 Å². The Morgan fingerprint density at radius 2 is 1.51 bits per heavy atom. The zero-order chi connectivity index (χ0) is 27.0. The summed E-state index contributed by atoms with van der Waals surface area (Å²) in [7, 11) is 0. The molecule has 1 atom stereocenters. The van der Waals surface area contributed by atoms with E-state index in [4.69, 9.17) is 24.7 Å². The van der Waals surface area contributed by atoms with Crippen molar-refractivity contribution >= 4 is 5.78 Å². The largest absolute Gasteiger partial charge is 0.490 e. The molecule has 2 aromatic rings. The van der Waals surface area contributed by atoms with Gasteiger partial charge in [0.1, 0.15) is 25.1 Å². The highest BCUT2D eigenvalue weighted by Gasteiger charge is 2.13. The molecule has 7 heteroatoms. The average Bonchev–Trinajstić information content (AvgIpc) is 2.93. The highest BCUT2D eigenvalue weighted by atomic mass is 17.2. The Bertz CT molecular complexity index is 997. The van der Waals surface area contributed by atoms with Gasteiger partial charge >= 0.3 is 0 Å². The maximum Gasteiger partial charge on any atom is 0.227 e. The number of carbonyl (C=O) groups is 1. The molecular formula is C30H40O7. The lowest BCUT2D eigenvalue weighted by Crippen LogP contribution is -2.21. The number of aryl methyl sites for hydroxylation is 1. The van der Waals surface area contributed by atoms with Gasteiger partial charge in [-0.3, -0.25) is 14.6 Å². The molecule has 0 saturated carbocycles. The van der Waals surface area contributed by atoms with Crippen LogP contribution in [0, 0.1) is 0 Å². The fourth-order valence-corrected chi connectivity index (χ4v) is 3.65. The number of rotatable bonds is 19. The maximum absolute atomic E-state index is 11.5. The molecule has 2 rings (SSSR count). The van der Waals surface area contributed by atoms with E-state index in [0.717, 1.165) is 17.5 Å². The lowest BCUT2D eigenvalue weighted by Gasteiger charge is -2.15. The summed E-state index contributed by atoms with van der Waals surface area (Å²) in [6.07, 6.45) is 8.91. The van der Waals surface area contributed by atoms with E-state index < -0.39 is 18.5 Å². The van der Waals surface area contributed by atoms with Gasteiger partial charge in [0.15, 0.2) is 5.75 Å². The van der Waals surface area contributed by atoms with Gasteiger partial charge in [0.05, 0.1) is 6.61 Å². The SMILES string of the molecule is C=C(OOc1cc(OCC(O)C(=C)CO)cc(-c2ccc(CCCCCCCCC)cc2)c1)C(=O)CO. The monoisotopic (exact) mass is 512 g/mol. The van der Waals surface area contributed by atoms with Crippen molar-refractivity contribution in [2.24, 2.45) is 0 Å². The smallest absolute Gasteiger partial charge is 0.227 e. The summed E-state index contributed by atoms with van der Waals surface area (Å²) in [5.41, 5.74) is 3.21. The molecule has 0 saturated heterocycles. The molecule has 1 unspecified atom stereocenters. The second-order valence-electron chi connectivity index (χ2n) is 9.08. The van der Waals surface area contributed by atoms with Crippen molar-refractivity contribution < 1.29 is 34.6 Å². The molecule has 0 fully saturated rings. The molecule has 7 nitrogen and oxygen atoms in total. The van der Waals surface area contributed by atoms with Gasteiger partial charge in [-0.15, -0.1) is 0 Å². The quantitative estimate of drug-likeness (QED) is 0.0584. The molecule has 3 N–H and O–H groups in total. The van der Waals surface area contributed by atoms with Crippen LogP contribution in [0.3, 0.4) is 0 Å². The Morgan fingerprint density at radius 3 is 2.16 bits per heavy atom. The van der Waals surface area contributed by atoms with Gasteiger partial charge in [-0.1, -0.05) is 76.3 Å². The van der Waals surface area contributed by atoms with Gasteiger partial charge in [0, 0.05) is 6.07 Å². The number of carbonyl (C=O) groups excluding carboxylic acids is 1. The molecule has 0 heterocycles.